The second kappa shape index (κ2) is 12.9. The van der Waals surface area contributed by atoms with Crippen LogP contribution in [0.1, 0.15) is 0 Å². The van der Waals surface area contributed by atoms with Crippen LogP contribution in [0.15, 0.2) is 192 Å². The van der Waals surface area contributed by atoms with E-state index in [1.807, 2.05) is 60.7 Å². The number of rotatable bonds is 6. The summed E-state index contributed by atoms with van der Waals surface area (Å²) in [7, 11) is 0. The lowest BCUT2D eigenvalue weighted by Gasteiger charge is -2.15. The molecule has 10 rings (SSSR count). The number of fused-ring (bicyclic) bond motifs is 4. The highest BCUT2D eigenvalue weighted by molar-refractivity contribution is 6.12. The van der Waals surface area contributed by atoms with Crippen LogP contribution in [0.3, 0.4) is 0 Å². The predicted octanol–water partition coefficient (Wildman–Crippen LogP) is 12.9. The Morgan fingerprint density at radius 1 is 0.283 bits per heavy atom. The summed E-state index contributed by atoms with van der Waals surface area (Å²) in [5.41, 5.74) is 11.5. The average molecular weight is 678 g/mol. The third-order valence-corrected chi connectivity index (χ3v) is 9.97. The molecule has 0 saturated carbocycles. The van der Waals surface area contributed by atoms with Crippen molar-refractivity contribution in [3.8, 4) is 67.5 Å². The van der Waals surface area contributed by atoms with Gasteiger partial charge >= 0.3 is 0 Å². The van der Waals surface area contributed by atoms with Crippen LogP contribution in [0, 0.1) is 0 Å². The number of furan rings is 1. The molecule has 2 aromatic heterocycles. The highest BCUT2D eigenvalue weighted by atomic mass is 16.3. The standard InChI is InChI=1S/C49H31N3O/c1-4-15-32(16-5-1)37-30-29-35(31-43(37)33-17-6-2-7-18-33)36-22-12-24-39-38(36)23-13-25-40(39)48-50-47(34-19-8-3-9-20-34)51-49(52-48)42-26-14-28-45-46(42)41-21-10-11-27-44(41)53-45/h1-31H. The molecule has 0 spiro atoms. The van der Waals surface area contributed by atoms with Crippen molar-refractivity contribution in [2.24, 2.45) is 0 Å². The third-order valence-electron chi connectivity index (χ3n) is 9.97. The summed E-state index contributed by atoms with van der Waals surface area (Å²) in [6.07, 6.45) is 0. The van der Waals surface area contributed by atoms with Crippen LogP contribution in [0.25, 0.3) is 100 Å². The maximum Gasteiger partial charge on any atom is 0.164 e. The molecule has 2 heterocycles. The van der Waals surface area contributed by atoms with E-state index in [1.54, 1.807) is 0 Å². The lowest BCUT2D eigenvalue weighted by molar-refractivity contribution is 0.669. The lowest BCUT2D eigenvalue weighted by atomic mass is 9.89. The molecule has 0 fully saturated rings. The molecule has 0 bridgehead atoms. The van der Waals surface area contributed by atoms with Gasteiger partial charge in [0.1, 0.15) is 11.2 Å². The zero-order chi connectivity index (χ0) is 35.1. The molecule has 53 heavy (non-hydrogen) atoms. The van der Waals surface area contributed by atoms with E-state index in [1.165, 1.54) is 22.3 Å². The van der Waals surface area contributed by atoms with Gasteiger partial charge in [-0.05, 0) is 62.4 Å². The molecule has 4 heteroatoms. The van der Waals surface area contributed by atoms with Crippen molar-refractivity contribution in [3.63, 3.8) is 0 Å². The number of hydrogen-bond acceptors (Lipinski definition) is 4. The first-order chi connectivity index (χ1) is 26.3. The fraction of sp³-hybridized carbons (Fsp3) is 0. The van der Waals surface area contributed by atoms with E-state index in [2.05, 4.69) is 127 Å². The van der Waals surface area contributed by atoms with Gasteiger partial charge in [-0.25, -0.2) is 15.0 Å². The first-order valence-electron chi connectivity index (χ1n) is 17.8. The van der Waals surface area contributed by atoms with Crippen LogP contribution in [0.2, 0.25) is 0 Å². The van der Waals surface area contributed by atoms with E-state index in [-0.39, 0.29) is 0 Å². The predicted molar refractivity (Wildman–Crippen MR) is 217 cm³/mol. The monoisotopic (exact) mass is 677 g/mol. The van der Waals surface area contributed by atoms with Crippen molar-refractivity contribution in [2.75, 3.05) is 0 Å². The lowest BCUT2D eigenvalue weighted by Crippen LogP contribution is -2.01. The first kappa shape index (κ1) is 30.6. The van der Waals surface area contributed by atoms with E-state index in [9.17, 15) is 0 Å². The number of hydrogen-bond donors (Lipinski definition) is 0. The summed E-state index contributed by atoms with van der Waals surface area (Å²) in [6, 6.07) is 65.3. The molecule has 0 aliphatic carbocycles. The summed E-state index contributed by atoms with van der Waals surface area (Å²) in [6.45, 7) is 0. The van der Waals surface area contributed by atoms with E-state index >= 15 is 0 Å². The minimum Gasteiger partial charge on any atom is -0.456 e. The van der Waals surface area contributed by atoms with Gasteiger partial charge in [0, 0.05) is 27.5 Å². The van der Waals surface area contributed by atoms with Gasteiger partial charge < -0.3 is 4.42 Å². The van der Waals surface area contributed by atoms with Gasteiger partial charge in [0.15, 0.2) is 17.5 Å². The highest BCUT2D eigenvalue weighted by Crippen LogP contribution is 2.40. The third kappa shape index (κ3) is 5.45. The Morgan fingerprint density at radius 3 is 1.53 bits per heavy atom. The van der Waals surface area contributed by atoms with Gasteiger partial charge in [0.2, 0.25) is 0 Å². The molecule has 0 N–H and O–H groups in total. The Bertz CT molecular complexity index is 2940. The molecular weight excluding hydrogens is 647 g/mol. The number of nitrogens with zero attached hydrogens (tertiary/aromatic N) is 3. The molecule has 0 saturated heterocycles. The average Bonchev–Trinajstić information content (AvgIpc) is 3.63. The van der Waals surface area contributed by atoms with E-state index in [0.29, 0.717) is 17.5 Å². The maximum atomic E-state index is 6.26. The first-order valence-corrected chi connectivity index (χ1v) is 17.8. The Hall–Kier alpha value is -7.17. The Morgan fingerprint density at radius 2 is 0.792 bits per heavy atom. The molecule has 0 unspecified atom stereocenters. The number of para-hydroxylation sites is 1. The maximum absolute atomic E-state index is 6.26. The molecule has 248 valence electrons. The summed E-state index contributed by atoms with van der Waals surface area (Å²) in [5, 5.41) is 4.22. The van der Waals surface area contributed by atoms with Crippen LogP contribution in [-0.2, 0) is 0 Å². The van der Waals surface area contributed by atoms with Crippen molar-refractivity contribution < 1.29 is 4.42 Å². The molecular formula is C49H31N3O. The molecule has 0 amide bonds. The summed E-state index contributed by atoms with van der Waals surface area (Å²) < 4.78 is 6.26. The van der Waals surface area contributed by atoms with Crippen LogP contribution in [0.5, 0.6) is 0 Å². The van der Waals surface area contributed by atoms with Gasteiger partial charge in [0.25, 0.3) is 0 Å². The van der Waals surface area contributed by atoms with Gasteiger partial charge in [-0.1, -0.05) is 170 Å². The Kier molecular flexibility index (Phi) is 7.43. The van der Waals surface area contributed by atoms with Crippen molar-refractivity contribution in [2.45, 2.75) is 0 Å². The summed E-state index contributed by atoms with van der Waals surface area (Å²) >= 11 is 0. The SMILES string of the molecule is c1ccc(-c2nc(-c3cccc4c(-c5ccc(-c6ccccc6)c(-c6ccccc6)c5)cccc34)nc(-c3cccc4oc5ccccc5c34)n2)cc1. The van der Waals surface area contributed by atoms with Crippen molar-refractivity contribution >= 4 is 32.7 Å². The zero-order valence-corrected chi connectivity index (χ0v) is 28.6. The second-order valence-corrected chi connectivity index (χ2v) is 13.1. The van der Waals surface area contributed by atoms with Crippen molar-refractivity contribution in [1.82, 2.24) is 15.0 Å². The minimum atomic E-state index is 0.600. The number of benzene rings is 8. The molecule has 10 aromatic rings. The quantitative estimate of drug-likeness (QED) is 0.176. The molecule has 0 radical (unpaired) electrons. The van der Waals surface area contributed by atoms with Gasteiger partial charge in [-0.15, -0.1) is 0 Å². The summed E-state index contributed by atoms with van der Waals surface area (Å²) in [4.78, 5) is 15.4. The van der Waals surface area contributed by atoms with Gasteiger partial charge in [-0.2, -0.15) is 0 Å². The van der Waals surface area contributed by atoms with Crippen LogP contribution in [0.4, 0.5) is 0 Å². The van der Waals surface area contributed by atoms with Crippen LogP contribution >= 0.6 is 0 Å². The smallest absolute Gasteiger partial charge is 0.164 e. The second-order valence-electron chi connectivity index (χ2n) is 13.1. The van der Waals surface area contributed by atoms with Gasteiger partial charge in [-0.3, -0.25) is 0 Å². The normalized spacial score (nSPS) is 11.4. The van der Waals surface area contributed by atoms with Gasteiger partial charge in [0.05, 0.1) is 0 Å². The Labute approximate surface area is 306 Å². The Balaban J connectivity index is 1.17. The molecule has 0 aliphatic rings. The molecule has 0 atom stereocenters. The zero-order valence-electron chi connectivity index (χ0n) is 28.6. The molecule has 0 aliphatic heterocycles. The fourth-order valence-corrected chi connectivity index (χ4v) is 7.49. The summed E-state index contributed by atoms with van der Waals surface area (Å²) in [5.74, 6) is 1.83. The topological polar surface area (TPSA) is 51.8 Å². The largest absolute Gasteiger partial charge is 0.456 e. The van der Waals surface area contributed by atoms with E-state index in [4.69, 9.17) is 19.4 Å². The number of aromatic nitrogens is 3. The van der Waals surface area contributed by atoms with Crippen LogP contribution < -0.4 is 0 Å². The van der Waals surface area contributed by atoms with E-state index in [0.717, 1.165) is 60.5 Å². The molecule has 8 aromatic carbocycles. The van der Waals surface area contributed by atoms with Crippen molar-refractivity contribution in [3.05, 3.63) is 188 Å². The van der Waals surface area contributed by atoms with Crippen LogP contribution in [-0.4, -0.2) is 15.0 Å². The van der Waals surface area contributed by atoms with E-state index < -0.39 is 0 Å². The van der Waals surface area contributed by atoms with Crippen molar-refractivity contribution in [1.29, 1.82) is 0 Å². The molecule has 4 nitrogen and oxygen atoms in total. The minimum absolute atomic E-state index is 0.600. The highest BCUT2D eigenvalue weighted by Gasteiger charge is 2.19. The fourth-order valence-electron chi connectivity index (χ4n) is 7.49.